The highest BCUT2D eigenvalue weighted by Gasteiger charge is 2.73. The molecule has 1 saturated heterocycles. The van der Waals surface area contributed by atoms with E-state index in [9.17, 15) is 0 Å². The molecule has 2 heterocycles. The lowest BCUT2D eigenvalue weighted by molar-refractivity contribution is -0.764. The molecule has 0 amide bonds. The van der Waals surface area contributed by atoms with Crippen molar-refractivity contribution >= 4 is 0 Å². The van der Waals surface area contributed by atoms with E-state index in [4.69, 9.17) is 14.7 Å². The summed E-state index contributed by atoms with van der Waals surface area (Å²) in [4.78, 5) is 0. The second-order valence-corrected chi connectivity index (χ2v) is 18.8. The summed E-state index contributed by atoms with van der Waals surface area (Å²) < 4.78 is 17.0. The van der Waals surface area contributed by atoms with Crippen molar-refractivity contribution in [1.82, 2.24) is 9.90 Å². The first-order chi connectivity index (χ1) is 21.2. The van der Waals surface area contributed by atoms with Crippen LogP contribution in [0.5, 0.6) is 5.75 Å². The molecule has 9 atom stereocenters. The van der Waals surface area contributed by atoms with Gasteiger partial charge < -0.3 is 33.5 Å². The number of halogens is 1. The first kappa shape index (κ1) is 33.4. The van der Waals surface area contributed by atoms with E-state index in [1.54, 1.807) is 7.11 Å². The summed E-state index contributed by atoms with van der Waals surface area (Å²) in [6.45, 7) is 20.4. The molecule has 0 unspecified atom stereocenters. The van der Waals surface area contributed by atoms with E-state index in [0.717, 1.165) is 43.1 Å². The number of benzene rings is 1. The molecule has 1 aromatic carbocycles. The molecule has 0 spiro atoms. The van der Waals surface area contributed by atoms with Gasteiger partial charge in [0.25, 0.3) is 0 Å². The molecule has 2 aromatic rings. The summed E-state index contributed by atoms with van der Waals surface area (Å²) in [6.07, 6.45) is 13.6. The zero-order valence-electron chi connectivity index (χ0n) is 30.2. The van der Waals surface area contributed by atoms with Crippen LogP contribution in [0.4, 0.5) is 0 Å². The van der Waals surface area contributed by atoms with Gasteiger partial charge in [-0.25, -0.2) is 0 Å². The second-order valence-electron chi connectivity index (χ2n) is 18.8. The standard InChI is InChI=1S/C40H60N3O2.HI/c1-35(2)18-20-40-21-19-38(6)28(32(40)34(35)45-25-40)13-14-31-37(5)24-29-33(36(3,4)30(37)15-17-39(31,38)7)43(41-42(29)8)22-16-26-11-10-12-27(23-26)44-9;/h10-12,23,28,30-32,34H,13-22,24-25H2,1-9H3;1H/q+1;/p-1/t28-,30+,31-,32+,34-,37+,38-,39-,40-;/m1./s1. The highest BCUT2D eigenvalue weighted by atomic mass is 127. The summed E-state index contributed by atoms with van der Waals surface area (Å²) >= 11 is 0. The van der Waals surface area contributed by atoms with E-state index < -0.39 is 0 Å². The molecule has 0 N–H and O–H groups in total. The van der Waals surface area contributed by atoms with Crippen LogP contribution in [-0.2, 0) is 36.6 Å². The van der Waals surface area contributed by atoms with Crippen LogP contribution in [0, 0.1) is 50.7 Å². The Kier molecular flexibility index (Phi) is 7.74. The maximum Gasteiger partial charge on any atom is 0.176 e. The summed E-state index contributed by atoms with van der Waals surface area (Å²) in [7, 11) is 3.96. The van der Waals surface area contributed by atoms with Crippen LogP contribution in [-0.4, -0.2) is 29.7 Å². The van der Waals surface area contributed by atoms with Gasteiger partial charge in [-0.3, -0.25) is 0 Å². The maximum absolute atomic E-state index is 6.82. The maximum atomic E-state index is 6.82. The average Bonchev–Trinajstić information content (AvgIpc) is 3.50. The Balaban J connectivity index is 0.00000338. The molecule has 0 radical (unpaired) electrons. The highest BCUT2D eigenvalue weighted by Crippen LogP contribution is 2.77. The normalized spacial score (nSPS) is 42.8. The minimum atomic E-state index is 0. The number of aromatic nitrogens is 3. The van der Waals surface area contributed by atoms with Gasteiger partial charge in [0.1, 0.15) is 19.3 Å². The van der Waals surface area contributed by atoms with Crippen molar-refractivity contribution in [2.24, 2.45) is 57.8 Å². The van der Waals surface area contributed by atoms with E-state index in [1.165, 1.54) is 74.7 Å². The fraction of sp³-hybridized carbons (Fsp3) is 0.800. The van der Waals surface area contributed by atoms with Gasteiger partial charge in [0, 0.05) is 18.3 Å². The van der Waals surface area contributed by atoms with Crippen molar-refractivity contribution in [2.45, 2.75) is 131 Å². The van der Waals surface area contributed by atoms with Gasteiger partial charge in [0.15, 0.2) is 11.4 Å². The number of methoxy groups -OCH3 is 1. The van der Waals surface area contributed by atoms with E-state index in [1.807, 2.05) is 6.07 Å². The SMILES string of the molecule is COc1cccc(CC[n+]2nn(C)c3c2C(C)(C)[C@@H]2CC[C@]4(C)[C@H](CC[C@@H]5[C@H]6[C@H]7OC[C@@]6(CCC7(C)C)CC[C@]54C)[C@@]2(C)C3)c1.[I-]. The molecule has 8 rings (SSSR count). The quantitative estimate of drug-likeness (QED) is 0.332. The Morgan fingerprint density at radius 2 is 1.70 bits per heavy atom. The Morgan fingerprint density at radius 1 is 0.935 bits per heavy atom. The number of fused-ring (bicyclic) bond motifs is 6. The molecule has 254 valence electrons. The lowest BCUT2D eigenvalue weighted by Crippen LogP contribution is -3.00. The van der Waals surface area contributed by atoms with Crippen molar-refractivity contribution in [3.05, 3.63) is 41.2 Å². The Morgan fingerprint density at radius 3 is 2.46 bits per heavy atom. The van der Waals surface area contributed by atoms with Crippen LogP contribution in [0.15, 0.2) is 24.3 Å². The summed E-state index contributed by atoms with van der Waals surface area (Å²) in [5.41, 5.74) is 6.21. The molecule has 5 fully saturated rings. The van der Waals surface area contributed by atoms with Crippen molar-refractivity contribution in [3.63, 3.8) is 0 Å². The molecule has 5 nitrogen and oxygen atoms in total. The number of hydrogen-bond acceptors (Lipinski definition) is 3. The van der Waals surface area contributed by atoms with Crippen molar-refractivity contribution < 1.29 is 38.1 Å². The molecule has 4 saturated carbocycles. The molecule has 6 aliphatic rings. The van der Waals surface area contributed by atoms with E-state index in [-0.39, 0.29) is 34.8 Å². The van der Waals surface area contributed by atoms with Gasteiger partial charge in [-0.15, -0.1) is 9.36 Å². The largest absolute Gasteiger partial charge is 1.00 e. The number of nitrogens with zero attached hydrogens (tertiary/aromatic N) is 3. The summed E-state index contributed by atoms with van der Waals surface area (Å²) in [5, 5.41) is 5.20. The lowest BCUT2D eigenvalue weighted by atomic mass is 9.31. The highest BCUT2D eigenvalue weighted by molar-refractivity contribution is 5.31. The van der Waals surface area contributed by atoms with Gasteiger partial charge >= 0.3 is 0 Å². The van der Waals surface area contributed by atoms with E-state index in [2.05, 4.69) is 83.1 Å². The van der Waals surface area contributed by atoms with Crippen LogP contribution in [0.3, 0.4) is 0 Å². The van der Waals surface area contributed by atoms with Crippen molar-refractivity contribution in [1.29, 1.82) is 0 Å². The molecular weight excluding hydrogens is 681 g/mol. The smallest absolute Gasteiger partial charge is 0.176 e. The van der Waals surface area contributed by atoms with Crippen LogP contribution in [0.1, 0.15) is 117 Å². The predicted molar refractivity (Wildman–Crippen MR) is 178 cm³/mol. The van der Waals surface area contributed by atoms with Crippen LogP contribution < -0.4 is 33.4 Å². The predicted octanol–water partition coefficient (Wildman–Crippen LogP) is 4.87. The number of hydrogen-bond donors (Lipinski definition) is 0. The minimum absolute atomic E-state index is 0. The first-order valence-electron chi connectivity index (χ1n) is 18.4. The second kappa shape index (κ2) is 10.7. The van der Waals surface area contributed by atoms with Gasteiger partial charge in [0.2, 0.25) is 0 Å². The van der Waals surface area contributed by atoms with Crippen molar-refractivity contribution in [2.75, 3.05) is 13.7 Å². The number of aryl methyl sites for hydroxylation is 3. The van der Waals surface area contributed by atoms with Crippen LogP contribution in [0.25, 0.3) is 0 Å². The Hall–Kier alpha value is -1.15. The summed E-state index contributed by atoms with van der Waals surface area (Å²) in [5.74, 6) is 3.93. The zero-order chi connectivity index (χ0) is 31.8. The topological polar surface area (TPSA) is 40.2 Å². The first-order valence-corrected chi connectivity index (χ1v) is 18.4. The van der Waals surface area contributed by atoms with Crippen LogP contribution >= 0.6 is 0 Å². The van der Waals surface area contributed by atoms with Gasteiger partial charge in [0.05, 0.1) is 25.0 Å². The minimum Gasteiger partial charge on any atom is -1.00 e. The molecule has 1 aliphatic heterocycles. The van der Waals surface area contributed by atoms with E-state index in [0.29, 0.717) is 33.7 Å². The zero-order valence-corrected chi connectivity index (χ0v) is 32.4. The monoisotopic (exact) mass is 741 g/mol. The fourth-order valence-corrected chi connectivity index (χ4v) is 14.0. The molecule has 5 aliphatic carbocycles. The van der Waals surface area contributed by atoms with Gasteiger partial charge in [-0.2, -0.15) is 0 Å². The lowest BCUT2D eigenvalue weighted by Gasteiger charge is -2.72. The van der Waals surface area contributed by atoms with Crippen LogP contribution in [0.2, 0.25) is 0 Å². The van der Waals surface area contributed by atoms with E-state index >= 15 is 0 Å². The summed E-state index contributed by atoms with van der Waals surface area (Å²) in [6, 6.07) is 8.54. The Labute approximate surface area is 296 Å². The fourth-order valence-electron chi connectivity index (χ4n) is 14.0. The third-order valence-electron chi connectivity index (χ3n) is 16.3. The molecular formula is C40H60IN3O2. The molecule has 2 bridgehead atoms. The Bertz CT molecular complexity index is 1520. The molecule has 46 heavy (non-hydrogen) atoms. The third kappa shape index (κ3) is 4.25. The van der Waals surface area contributed by atoms with Crippen molar-refractivity contribution in [3.8, 4) is 5.75 Å². The number of rotatable bonds is 4. The number of ether oxygens (including phenoxy) is 2. The van der Waals surface area contributed by atoms with Gasteiger partial charge in [-0.1, -0.05) is 60.6 Å². The average molecular weight is 742 g/mol. The van der Waals surface area contributed by atoms with Gasteiger partial charge in [-0.05, 0) is 120 Å². The molecule has 6 heteroatoms. The third-order valence-corrected chi connectivity index (χ3v) is 16.3. The molecule has 1 aromatic heterocycles.